The van der Waals surface area contributed by atoms with Gasteiger partial charge in [-0.05, 0) is 49.1 Å². The minimum absolute atomic E-state index is 0.0157. The molecule has 0 bridgehead atoms. The summed E-state index contributed by atoms with van der Waals surface area (Å²) < 4.78 is 0. The van der Waals surface area contributed by atoms with Crippen molar-refractivity contribution in [3.8, 4) is 0 Å². The Morgan fingerprint density at radius 1 is 0.548 bits per heavy atom. The molecule has 8 heteroatoms. The van der Waals surface area contributed by atoms with Crippen LogP contribution in [0.5, 0.6) is 0 Å². The first-order chi connectivity index (χ1) is 20.2. The molecule has 8 nitrogen and oxygen atoms in total. The number of hydrogen-bond donors (Lipinski definition) is 4. The molecule has 0 fully saturated rings. The lowest BCUT2D eigenvalue weighted by Gasteiger charge is -2.20. The van der Waals surface area contributed by atoms with Gasteiger partial charge < -0.3 is 21.7 Å². The molecule has 5 N–H and O–H groups in total. The van der Waals surface area contributed by atoms with E-state index in [4.69, 9.17) is 5.73 Å². The van der Waals surface area contributed by atoms with E-state index < -0.39 is 23.6 Å². The zero-order valence-electron chi connectivity index (χ0n) is 27.2. The van der Waals surface area contributed by atoms with Crippen molar-refractivity contribution >= 4 is 23.6 Å². The third kappa shape index (κ3) is 12.5. The summed E-state index contributed by atoms with van der Waals surface area (Å²) in [6, 6.07) is 2.69. The van der Waals surface area contributed by atoms with Crippen molar-refractivity contribution in [3.05, 3.63) is 34.4 Å². The highest BCUT2D eigenvalue weighted by Crippen LogP contribution is 2.21. The van der Waals surface area contributed by atoms with Crippen molar-refractivity contribution in [1.82, 2.24) is 16.0 Å². The van der Waals surface area contributed by atoms with Gasteiger partial charge in [0, 0.05) is 19.6 Å². The number of nitrogens with two attached hydrogens (primary N) is 1. The van der Waals surface area contributed by atoms with Crippen molar-refractivity contribution in [2.75, 3.05) is 19.6 Å². The molecule has 0 heterocycles. The number of carbonyl (C=O) groups excluding carboxylic acids is 4. The molecule has 0 spiro atoms. The molecule has 1 rings (SSSR count). The SMILES string of the molecule is CCCCC(CC)CNC(=O)c1cc(C(=O)NCC(CC)CCCC)c(C(=O)NCC(CC)CCCC)cc1C(N)=O. The number of benzene rings is 1. The number of rotatable bonds is 22. The van der Waals surface area contributed by atoms with Gasteiger partial charge in [-0.1, -0.05) is 99.3 Å². The molecule has 0 aliphatic carbocycles. The number of amides is 4. The number of unbranched alkanes of at least 4 members (excludes halogenated alkanes) is 3. The fourth-order valence-electron chi connectivity index (χ4n) is 5.19. The molecule has 3 unspecified atom stereocenters. The molecule has 238 valence electrons. The predicted octanol–water partition coefficient (Wildman–Crippen LogP) is 6.62. The van der Waals surface area contributed by atoms with Gasteiger partial charge in [0.2, 0.25) is 5.91 Å². The van der Waals surface area contributed by atoms with Crippen LogP contribution in [-0.4, -0.2) is 43.3 Å². The van der Waals surface area contributed by atoms with Crippen LogP contribution in [0.25, 0.3) is 0 Å². The highest BCUT2D eigenvalue weighted by molar-refractivity contribution is 6.13. The number of hydrogen-bond acceptors (Lipinski definition) is 4. The second kappa shape index (κ2) is 20.9. The molecular formula is C34H58N4O4. The van der Waals surface area contributed by atoms with Crippen LogP contribution in [0, 0.1) is 17.8 Å². The average molecular weight is 587 g/mol. The minimum atomic E-state index is -0.820. The molecule has 0 radical (unpaired) electrons. The van der Waals surface area contributed by atoms with E-state index in [9.17, 15) is 19.2 Å². The zero-order valence-corrected chi connectivity index (χ0v) is 27.2. The van der Waals surface area contributed by atoms with Crippen LogP contribution in [0.4, 0.5) is 0 Å². The Bertz CT molecular complexity index is 994. The Morgan fingerprint density at radius 3 is 1.10 bits per heavy atom. The largest absolute Gasteiger partial charge is 0.366 e. The smallest absolute Gasteiger partial charge is 0.252 e. The maximum absolute atomic E-state index is 13.5. The fourth-order valence-corrected chi connectivity index (χ4v) is 5.19. The van der Waals surface area contributed by atoms with E-state index in [1.807, 2.05) is 0 Å². The van der Waals surface area contributed by atoms with Gasteiger partial charge in [0.05, 0.1) is 22.3 Å². The maximum atomic E-state index is 13.5. The zero-order chi connectivity index (χ0) is 31.5. The van der Waals surface area contributed by atoms with Crippen LogP contribution in [0.1, 0.15) is 160 Å². The van der Waals surface area contributed by atoms with Crippen molar-refractivity contribution in [2.45, 2.75) is 119 Å². The average Bonchev–Trinajstić information content (AvgIpc) is 3.00. The number of primary amides is 1. The summed E-state index contributed by atoms with van der Waals surface area (Å²) in [4.78, 5) is 52.9. The molecule has 3 atom stereocenters. The Kier molecular flexibility index (Phi) is 18.5. The lowest BCUT2D eigenvalue weighted by molar-refractivity contribution is 0.0906. The summed E-state index contributed by atoms with van der Waals surface area (Å²) in [5.74, 6) is -1.24. The molecule has 1 aromatic rings. The second-order valence-corrected chi connectivity index (χ2v) is 11.7. The van der Waals surface area contributed by atoms with Crippen LogP contribution >= 0.6 is 0 Å². The Morgan fingerprint density at radius 2 is 0.833 bits per heavy atom. The van der Waals surface area contributed by atoms with E-state index >= 15 is 0 Å². The second-order valence-electron chi connectivity index (χ2n) is 11.7. The Hall–Kier alpha value is -2.90. The maximum Gasteiger partial charge on any atom is 0.252 e. The highest BCUT2D eigenvalue weighted by atomic mass is 16.2. The van der Waals surface area contributed by atoms with E-state index in [1.54, 1.807) is 0 Å². The summed E-state index contributed by atoms with van der Waals surface area (Å²) >= 11 is 0. The van der Waals surface area contributed by atoms with Crippen LogP contribution in [-0.2, 0) is 0 Å². The van der Waals surface area contributed by atoms with Gasteiger partial charge in [-0.2, -0.15) is 0 Å². The predicted molar refractivity (Wildman–Crippen MR) is 172 cm³/mol. The summed E-state index contributed by atoms with van der Waals surface area (Å²) in [6.45, 7) is 14.1. The quantitative estimate of drug-likeness (QED) is 0.122. The summed E-state index contributed by atoms with van der Waals surface area (Å²) in [5.41, 5.74) is 5.79. The third-order valence-corrected chi connectivity index (χ3v) is 8.44. The van der Waals surface area contributed by atoms with E-state index in [-0.39, 0.29) is 22.3 Å². The van der Waals surface area contributed by atoms with Crippen LogP contribution < -0.4 is 21.7 Å². The van der Waals surface area contributed by atoms with Gasteiger partial charge in [0.25, 0.3) is 17.7 Å². The van der Waals surface area contributed by atoms with Crippen molar-refractivity contribution in [3.63, 3.8) is 0 Å². The molecule has 0 aromatic heterocycles. The molecular weight excluding hydrogens is 528 g/mol. The van der Waals surface area contributed by atoms with Crippen molar-refractivity contribution in [1.29, 1.82) is 0 Å². The summed E-state index contributed by atoms with van der Waals surface area (Å²) in [7, 11) is 0. The minimum Gasteiger partial charge on any atom is -0.366 e. The summed E-state index contributed by atoms with van der Waals surface area (Å²) in [5, 5.41) is 8.90. The van der Waals surface area contributed by atoms with Gasteiger partial charge in [-0.3, -0.25) is 19.2 Å². The topological polar surface area (TPSA) is 130 Å². The lowest BCUT2D eigenvalue weighted by atomic mass is 9.94. The molecule has 4 amide bonds. The van der Waals surface area contributed by atoms with Crippen molar-refractivity contribution < 1.29 is 19.2 Å². The lowest BCUT2D eigenvalue weighted by Crippen LogP contribution is -2.36. The molecule has 1 aromatic carbocycles. The van der Waals surface area contributed by atoms with E-state index in [0.29, 0.717) is 37.4 Å². The summed E-state index contributed by atoms with van der Waals surface area (Å²) in [6.07, 6.45) is 12.2. The van der Waals surface area contributed by atoms with E-state index in [1.165, 1.54) is 12.1 Å². The molecule has 0 aliphatic heterocycles. The highest BCUT2D eigenvalue weighted by Gasteiger charge is 2.26. The molecule has 0 saturated heterocycles. The first-order valence-electron chi connectivity index (χ1n) is 16.5. The van der Waals surface area contributed by atoms with Crippen LogP contribution in [0.15, 0.2) is 12.1 Å². The fraction of sp³-hybridized carbons (Fsp3) is 0.706. The standard InChI is InChI=1S/C34H58N4O4/c1-7-13-16-24(10-4)21-36-32(40)28-20-30(34(42)38-23-26(12-6)18-15-9-3)29(19-27(28)31(35)39)33(41)37-22-25(11-5)17-14-8-2/h19-20,24-26H,7-18,21-23H2,1-6H3,(H2,35,39)(H,36,40)(H,37,41)(H,38,42). The third-order valence-electron chi connectivity index (χ3n) is 8.44. The van der Waals surface area contributed by atoms with Gasteiger partial charge in [-0.15, -0.1) is 0 Å². The molecule has 0 aliphatic rings. The number of carbonyl (C=O) groups is 4. The normalized spacial score (nSPS) is 13.2. The molecule has 42 heavy (non-hydrogen) atoms. The van der Waals surface area contributed by atoms with Crippen LogP contribution in [0.2, 0.25) is 0 Å². The van der Waals surface area contributed by atoms with Gasteiger partial charge >= 0.3 is 0 Å². The number of nitrogens with one attached hydrogen (secondary N) is 3. The van der Waals surface area contributed by atoms with Gasteiger partial charge in [0.15, 0.2) is 0 Å². The van der Waals surface area contributed by atoms with Crippen LogP contribution in [0.3, 0.4) is 0 Å². The van der Waals surface area contributed by atoms with Gasteiger partial charge in [-0.25, -0.2) is 0 Å². The van der Waals surface area contributed by atoms with E-state index in [0.717, 1.165) is 77.0 Å². The Labute approximate surface area is 254 Å². The van der Waals surface area contributed by atoms with Gasteiger partial charge in [0.1, 0.15) is 0 Å². The van der Waals surface area contributed by atoms with E-state index in [2.05, 4.69) is 57.5 Å². The molecule has 0 saturated carbocycles. The first kappa shape index (κ1) is 37.1. The monoisotopic (exact) mass is 586 g/mol. The first-order valence-corrected chi connectivity index (χ1v) is 16.5. The Balaban J connectivity index is 3.40. The van der Waals surface area contributed by atoms with Crippen molar-refractivity contribution in [2.24, 2.45) is 23.5 Å².